The minimum absolute atomic E-state index is 0.542. The minimum atomic E-state index is -0.542. The molecule has 2 aromatic heterocycles. The molecule has 0 saturated heterocycles. The highest BCUT2D eigenvalue weighted by molar-refractivity contribution is 7.09. The lowest BCUT2D eigenvalue weighted by Crippen LogP contribution is -2.11. The van der Waals surface area contributed by atoms with Crippen LogP contribution >= 0.6 is 11.3 Å². The highest BCUT2D eigenvalue weighted by Gasteiger charge is 2.11. The first-order valence-corrected chi connectivity index (χ1v) is 6.66. The Bertz CT molecular complexity index is 507. The Morgan fingerprint density at radius 1 is 1.39 bits per heavy atom. The van der Waals surface area contributed by atoms with Crippen molar-refractivity contribution >= 4 is 17.2 Å². The molecule has 2 rings (SSSR count). The van der Waals surface area contributed by atoms with Crippen LogP contribution < -0.4 is 4.90 Å². The topological polar surface area (TPSA) is 49.2 Å². The van der Waals surface area contributed by atoms with Crippen molar-refractivity contribution in [3.63, 3.8) is 0 Å². The fourth-order valence-corrected chi connectivity index (χ4v) is 2.45. The Morgan fingerprint density at radius 2 is 2.17 bits per heavy atom. The van der Waals surface area contributed by atoms with E-state index >= 15 is 0 Å². The van der Waals surface area contributed by atoms with Gasteiger partial charge >= 0.3 is 0 Å². The number of aryl methyl sites for hydroxylation is 1. The monoisotopic (exact) mass is 263 g/mol. The highest BCUT2D eigenvalue weighted by atomic mass is 32.1. The Kier molecular flexibility index (Phi) is 3.93. The molecule has 2 aromatic rings. The molecule has 1 atom stereocenters. The van der Waals surface area contributed by atoms with Gasteiger partial charge in [0.25, 0.3) is 0 Å². The third-order valence-electron chi connectivity index (χ3n) is 2.65. The van der Waals surface area contributed by atoms with E-state index in [1.54, 1.807) is 17.5 Å². The van der Waals surface area contributed by atoms with Gasteiger partial charge in [0.1, 0.15) is 5.82 Å². The zero-order valence-electron chi connectivity index (χ0n) is 10.8. The molecule has 0 aliphatic carbocycles. The standard InChI is InChI=1S/C13H17N3OS/c1-9-8-18-13(15-9)6-11(17)10-4-5-12(14-7-10)16(2)3/h4-5,7-8,11,17H,6H2,1-3H3. The molecule has 0 bridgehead atoms. The molecule has 1 unspecified atom stereocenters. The predicted octanol–water partition coefficient (Wildman–Crippen LogP) is 2.19. The van der Waals surface area contributed by atoms with E-state index in [1.165, 1.54) is 0 Å². The van der Waals surface area contributed by atoms with Crippen molar-refractivity contribution in [3.05, 3.63) is 40.0 Å². The van der Waals surface area contributed by atoms with Crippen LogP contribution in [0.3, 0.4) is 0 Å². The lowest BCUT2D eigenvalue weighted by molar-refractivity contribution is 0.178. The average Bonchev–Trinajstić information content (AvgIpc) is 2.75. The van der Waals surface area contributed by atoms with Gasteiger partial charge in [-0.05, 0) is 18.6 Å². The third-order valence-corrected chi connectivity index (χ3v) is 3.64. The number of thiazole rings is 1. The summed E-state index contributed by atoms with van der Waals surface area (Å²) in [4.78, 5) is 10.6. The van der Waals surface area contributed by atoms with Crippen LogP contribution in [0, 0.1) is 6.92 Å². The van der Waals surface area contributed by atoms with Gasteiger partial charge in [-0.15, -0.1) is 11.3 Å². The quantitative estimate of drug-likeness (QED) is 0.918. The number of aliphatic hydroxyl groups excluding tert-OH is 1. The summed E-state index contributed by atoms with van der Waals surface area (Å²) >= 11 is 1.58. The molecule has 96 valence electrons. The number of hydrogen-bond acceptors (Lipinski definition) is 5. The molecule has 2 heterocycles. The molecule has 5 heteroatoms. The second kappa shape index (κ2) is 5.46. The number of nitrogens with zero attached hydrogens (tertiary/aromatic N) is 3. The minimum Gasteiger partial charge on any atom is -0.388 e. The number of rotatable bonds is 4. The Balaban J connectivity index is 2.06. The summed E-state index contributed by atoms with van der Waals surface area (Å²) in [5, 5.41) is 13.1. The van der Waals surface area contributed by atoms with Crippen LogP contribution in [0.2, 0.25) is 0 Å². The molecule has 0 fully saturated rings. The Labute approximate surface area is 111 Å². The zero-order chi connectivity index (χ0) is 13.1. The molecule has 0 aromatic carbocycles. The van der Waals surface area contributed by atoms with Crippen molar-refractivity contribution in [3.8, 4) is 0 Å². The van der Waals surface area contributed by atoms with Crippen molar-refractivity contribution in [2.45, 2.75) is 19.4 Å². The fourth-order valence-electron chi connectivity index (χ4n) is 1.64. The summed E-state index contributed by atoms with van der Waals surface area (Å²) in [5.74, 6) is 0.885. The van der Waals surface area contributed by atoms with E-state index < -0.39 is 6.10 Å². The molecule has 0 radical (unpaired) electrons. The number of anilines is 1. The second-order valence-corrected chi connectivity index (χ2v) is 5.39. The summed E-state index contributed by atoms with van der Waals surface area (Å²) in [5.41, 5.74) is 1.83. The Hall–Kier alpha value is -1.46. The summed E-state index contributed by atoms with van der Waals surface area (Å²) in [6.45, 7) is 1.96. The van der Waals surface area contributed by atoms with Gasteiger partial charge in [0.05, 0.1) is 11.1 Å². The maximum absolute atomic E-state index is 10.1. The third kappa shape index (κ3) is 3.05. The first kappa shape index (κ1) is 13.0. The second-order valence-electron chi connectivity index (χ2n) is 4.45. The average molecular weight is 263 g/mol. The Morgan fingerprint density at radius 3 is 2.67 bits per heavy atom. The molecule has 4 nitrogen and oxygen atoms in total. The normalized spacial score (nSPS) is 12.4. The van der Waals surface area contributed by atoms with E-state index in [0.717, 1.165) is 22.1 Å². The maximum Gasteiger partial charge on any atom is 0.127 e. The lowest BCUT2D eigenvalue weighted by Gasteiger charge is -2.13. The fraction of sp³-hybridized carbons (Fsp3) is 0.385. The number of pyridine rings is 1. The van der Waals surface area contributed by atoms with Crippen molar-refractivity contribution in [1.29, 1.82) is 0 Å². The van der Waals surface area contributed by atoms with Crippen LogP contribution in [-0.2, 0) is 6.42 Å². The van der Waals surface area contributed by atoms with Crippen LogP contribution in [0.25, 0.3) is 0 Å². The highest BCUT2D eigenvalue weighted by Crippen LogP contribution is 2.21. The van der Waals surface area contributed by atoms with Gasteiger partial charge in [-0.25, -0.2) is 9.97 Å². The van der Waals surface area contributed by atoms with Crippen LogP contribution in [0.15, 0.2) is 23.7 Å². The summed E-state index contributed by atoms with van der Waals surface area (Å²) < 4.78 is 0. The van der Waals surface area contributed by atoms with Gasteiger partial charge in [0, 0.05) is 37.8 Å². The molecular formula is C13H17N3OS. The van der Waals surface area contributed by atoms with Gasteiger partial charge in [0.15, 0.2) is 0 Å². The summed E-state index contributed by atoms with van der Waals surface area (Å²) in [6.07, 6.45) is 1.72. The van der Waals surface area contributed by atoms with Crippen molar-refractivity contribution < 1.29 is 5.11 Å². The SMILES string of the molecule is Cc1csc(CC(O)c2ccc(N(C)C)nc2)n1. The zero-order valence-corrected chi connectivity index (χ0v) is 11.6. The van der Waals surface area contributed by atoms with Crippen LogP contribution in [0.4, 0.5) is 5.82 Å². The summed E-state index contributed by atoms with van der Waals surface area (Å²) in [6, 6.07) is 3.82. The first-order valence-electron chi connectivity index (χ1n) is 5.78. The largest absolute Gasteiger partial charge is 0.388 e. The predicted molar refractivity (Wildman–Crippen MR) is 74.1 cm³/mol. The van der Waals surface area contributed by atoms with Crippen LogP contribution in [0.5, 0.6) is 0 Å². The first-order chi connectivity index (χ1) is 8.56. The maximum atomic E-state index is 10.1. The molecule has 1 N–H and O–H groups in total. The van der Waals surface area contributed by atoms with Crippen LogP contribution in [-0.4, -0.2) is 29.2 Å². The molecular weight excluding hydrogens is 246 g/mol. The van der Waals surface area contributed by atoms with Gasteiger partial charge in [-0.1, -0.05) is 6.07 Å². The van der Waals surface area contributed by atoms with Gasteiger partial charge in [0.2, 0.25) is 0 Å². The van der Waals surface area contributed by atoms with E-state index in [1.807, 2.05) is 43.4 Å². The van der Waals surface area contributed by atoms with Crippen LogP contribution in [0.1, 0.15) is 22.4 Å². The number of aromatic nitrogens is 2. The van der Waals surface area contributed by atoms with Gasteiger partial charge in [-0.3, -0.25) is 0 Å². The van der Waals surface area contributed by atoms with Gasteiger partial charge in [-0.2, -0.15) is 0 Å². The summed E-state index contributed by atoms with van der Waals surface area (Å²) in [7, 11) is 3.88. The van der Waals surface area contributed by atoms with E-state index in [-0.39, 0.29) is 0 Å². The van der Waals surface area contributed by atoms with E-state index in [2.05, 4.69) is 9.97 Å². The lowest BCUT2D eigenvalue weighted by atomic mass is 10.1. The number of aliphatic hydroxyl groups is 1. The van der Waals surface area contributed by atoms with E-state index in [4.69, 9.17) is 0 Å². The van der Waals surface area contributed by atoms with E-state index in [9.17, 15) is 5.11 Å². The molecule has 0 amide bonds. The van der Waals surface area contributed by atoms with Crippen molar-refractivity contribution in [2.24, 2.45) is 0 Å². The van der Waals surface area contributed by atoms with Crippen molar-refractivity contribution in [2.75, 3.05) is 19.0 Å². The molecule has 0 saturated carbocycles. The molecule has 0 aliphatic heterocycles. The van der Waals surface area contributed by atoms with Gasteiger partial charge < -0.3 is 10.0 Å². The number of hydrogen-bond donors (Lipinski definition) is 1. The smallest absolute Gasteiger partial charge is 0.127 e. The molecule has 0 spiro atoms. The molecule has 18 heavy (non-hydrogen) atoms. The molecule has 0 aliphatic rings. The van der Waals surface area contributed by atoms with Crippen molar-refractivity contribution in [1.82, 2.24) is 9.97 Å². The van der Waals surface area contributed by atoms with E-state index in [0.29, 0.717) is 6.42 Å².